The van der Waals surface area contributed by atoms with Gasteiger partial charge in [0.05, 0.1) is 12.7 Å². The molecule has 1 N–H and O–H groups in total. The molecule has 1 unspecified atom stereocenters. The third-order valence-electron chi connectivity index (χ3n) is 3.18. The molecule has 1 heterocycles. The molecule has 1 aliphatic rings. The first kappa shape index (κ1) is 14.5. The van der Waals surface area contributed by atoms with Gasteiger partial charge in [0.2, 0.25) is 0 Å². The van der Waals surface area contributed by atoms with Crippen LogP contribution >= 0.6 is 15.9 Å². The lowest BCUT2D eigenvalue weighted by Crippen LogP contribution is -2.41. The highest BCUT2D eigenvalue weighted by Gasteiger charge is 2.17. The van der Waals surface area contributed by atoms with E-state index in [1.54, 1.807) is 0 Å². The Kier molecular flexibility index (Phi) is 5.36. The van der Waals surface area contributed by atoms with E-state index >= 15 is 0 Å². The van der Waals surface area contributed by atoms with E-state index in [0.29, 0.717) is 12.1 Å². The monoisotopic (exact) mass is 326 g/mol. The SMILES string of the molecule is CN1CCOC(CCNC(=O)c2cccc(Br)c2)C1. The summed E-state index contributed by atoms with van der Waals surface area (Å²) >= 11 is 3.36. The second-order valence-electron chi connectivity index (χ2n) is 4.81. The molecular weight excluding hydrogens is 308 g/mol. The van der Waals surface area contributed by atoms with Gasteiger partial charge in [0.25, 0.3) is 5.91 Å². The molecule has 1 aromatic carbocycles. The molecule has 1 aliphatic heterocycles. The molecule has 0 aromatic heterocycles. The lowest BCUT2D eigenvalue weighted by atomic mass is 10.2. The number of hydrogen-bond acceptors (Lipinski definition) is 3. The second-order valence-corrected chi connectivity index (χ2v) is 5.73. The highest BCUT2D eigenvalue weighted by atomic mass is 79.9. The van der Waals surface area contributed by atoms with Crippen molar-refractivity contribution in [2.24, 2.45) is 0 Å². The molecule has 0 bridgehead atoms. The van der Waals surface area contributed by atoms with Crippen molar-refractivity contribution in [2.45, 2.75) is 12.5 Å². The Labute approximate surface area is 122 Å². The van der Waals surface area contributed by atoms with Gasteiger partial charge in [-0.05, 0) is 31.7 Å². The van der Waals surface area contributed by atoms with Gasteiger partial charge in [0.1, 0.15) is 0 Å². The molecule has 5 heteroatoms. The molecule has 1 atom stereocenters. The Morgan fingerprint density at radius 2 is 2.42 bits per heavy atom. The van der Waals surface area contributed by atoms with Crippen molar-refractivity contribution in [3.63, 3.8) is 0 Å². The number of morpholine rings is 1. The van der Waals surface area contributed by atoms with E-state index in [-0.39, 0.29) is 12.0 Å². The minimum atomic E-state index is -0.0366. The summed E-state index contributed by atoms with van der Waals surface area (Å²) in [5.41, 5.74) is 0.677. The molecular formula is C14H19BrN2O2. The molecule has 0 spiro atoms. The molecule has 1 aromatic rings. The van der Waals surface area contributed by atoms with Crippen molar-refractivity contribution in [3.05, 3.63) is 34.3 Å². The largest absolute Gasteiger partial charge is 0.375 e. The van der Waals surface area contributed by atoms with E-state index in [0.717, 1.165) is 30.6 Å². The minimum Gasteiger partial charge on any atom is -0.375 e. The predicted octanol–water partition coefficient (Wildman–Crippen LogP) is 1.90. The molecule has 1 amide bonds. The van der Waals surface area contributed by atoms with Gasteiger partial charge < -0.3 is 15.0 Å². The van der Waals surface area contributed by atoms with Crippen molar-refractivity contribution in [1.29, 1.82) is 0 Å². The van der Waals surface area contributed by atoms with E-state index in [1.807, 2.05) is 24.3 Å². The summed E-state index contributed by atoms with van der Waals surface area (Å²) in [4.78, 5) is 14.2. The summed E-state index contributed by atoms with van der Waals surface area (Å²) in [5, 5.41) is 2.93. The van der Waals surface area contributed by atoms with Crippen LogP contribution in [0.15, 0.2) is 28.7 Å². The van der Waals surface area contributed by atoms with Crippen molar-refractivity contribution in [1.82, 2.24) is 10.2 Å². The van der Waals surface area contributed by atoms with Crippen LogP contribution in [0.2, 0.25) is 0 Å². The van der Waals surface area contributed by atoms with Crippen LogP contribution in [-0.2, 0) is 4.74 Å². The van der Waals surface area contributed by atoms with E-state index in [9.17, 15) is 4.79 Å². The van der Waals surface area contributed by atoms with Crippen LogP contribution in [0.4, 0.5) is 0 Å². The van der Waals surface area contributed by atoms with Crippen LogP contribution in [0, 0.1) is 0 Å². The number of carbonyl (C=O) groups is 1. The van der Waals surface area contributed by atoms with Crippen molar-refractivity contribution >= 4 is 21.8 Å². The number of hydrogen-bond donors (Lipinski definition) is 1. The van der Waals surface area contributed by atoms with Crippen LogP contribution in [0.25, 0.3) is 0 Å². The predicted molar refractivity (Wildman–Crippen MR) is 78.3 cm³/mol. The first-order valence-corrected chi connectivity index (χ1v) is 7.28. The van der Waals surface area contributed by atoms with Crippen LogP contribution in [0.3, 0.4) is 0 Å². The zero-order chi connectivity index (χ0) is 13.7. The Morgan fingerprint density at radius 1 is 1.58 bits per heavy atom. The van der Waals surface area contributed by atoms with Crippen molar-refractivity contribution in [3.8, 4) is 0 Å². The maximum absolute atomic E-state index is 11.9. The highest BCUT2D eigenvalue weighted by Crippen LogP contribution is 2.11. The van der Waals surface area contributed by atoms with E-state index in [4.69, 9.17) is 4.74 Å². The fraction of sp³-hybridized carbons (Fsp3) is 0.500. The van der Waals surface area contributed by atoms with Gasteiger partial charge in [-0.15, -0.1) is 0 Å². The van der Waals surface area contributed by atoms with Gasteiger partial charge in [0.15, 0.2) is 0 Å². The fourth-order valence-corrected chi connectivity index (χ4v) is 2.52. The molecule has 1 fully saturated rings. The first-order chi connectivity index (χ1) is 9.15. The molecule has 4 nitrogen and oxygen atoms in total. The minimum absolute atomic E-state index is 0.0366. The van der Waals surface area contributed by atoms with Crippen LogP contribution in [0.1, 0.15) is 16.8 Å². The average Bonchev–Trinajstić information content (AvgIpc) is 2.38. The van der Waals surface area contributed by atoms with Crippen molar-refractivity contribution < 1.29 is 9.53 Å². The molecule has 0 radical (unpaired) electrons. The molecule has 19 heavy (non-hydrogen) atoms. The number of carbonyl (C=O) groups excluding carboxylic acids is 1. The zero-order valence-corrected chi connectivity index (χ0v) is 12.6. The smallest absolute Gasteiger partial charge is 0.251 e. The van der Waals surface area contributed by atoms with Gasteiger partial charge >= 0.3 is 0 Å². The lowest BCUT2D eigenvalue weighted by Gasteiger charge is -2.30. The maximum atomic E-state index is 11.9. The van der Waals surface area contributed by atoms with E-state index in [2.05, 4.69) is 33.2 Å². The summed E-state index contributed by atoms with van der Waals surface area (Å²) in [5.74, 6) is -0.0366. The number of likely N-dealkylation sites (N-methyl/N-ethyl adjacent to an activating group) is 1. The van der Waals surface area contributed by atoms with Crippen LogP contribution in [-0.4, -0.2) is 50.2 Å². The molecule has 0 aliphatic carbocycles. The zero-order valence-electron chi connectivity index (χ0n) is 11.1. The molecule has 104 valence electrons. The average molecular weight is 327 g/mol. The van der Waals surface area contributed by atoms with Gasteiger partial charge in [-0.25, -0.2) is 0 Å². The number of ether oxygens (including phenoxy) is 1. The number of halogens is 1. The molecule has 1 saturated heterocycles. The number of nitrogens with zero attached hydrogens (tertiary/aromatic N) is 1. The summed E-state index contributed by atoms with van der Waals surface area (Å²) in [6.45, 7) is 3.35. The van der Waals surface area contributed by atoms with Gasteiger partial charge in [0, 0.05) is 29.7 Å². The lowest BCUT2D eigenvalue weighted by molar-refractivity contribution is -0.0226. The number of benzene rings is 1. The van der Waals surface area contributed by atoms with E-state index in [1.165, 1.54) is 0 Å². The molecule has 2 rings (SSSR count). The van der Waals surface area contributed by atoms with Crippen LogP contribution in [0.5, 0.6) is 0 Å². The number of nitrogens with one attached hydrogen (secondary N) is 1. The van der Waals surface area contributed by atoms with Gasteiger partial charge in [-0.3, -0.25) is 4.79 Å². The van der Waals surface area contributed by atoms with Gasteiger partial charge in [-0.2, -0.15) is 0 Å². The molecule has 0 saturated carbocycles. The van der Waals surface area contributed by atoms with Crippen molar-refractivity contribution in [2.75, 3.05) is 33.3 Å². The fourth-order valence-electron chi connectivity index (χ4n) is 2.12. The quantitative estimate of drug-likeness (QED) is 0.918. The normalized spacial score (nSPS) is 20.2. The Hall–Kier alpha value is -0.910. The summed E-state index contributed by atoms with van der Waals surface area (Å²) in [6.07, 6.45) is 1.07. The Balaban J connectivity index is 1.75. The first-order valence-electron chi connectivity index (χ1n) is 6.49. The summed E-state index contributed by atoms with van der Waals surface area (Å²) in [7, 11) is 2.09. The summed E-state index contributed by atoms with van der Waals surface area (Å²) < 4.78 is 6.57. The Morgan fingerprint density at radius 3 is 3.16 bits per heavy atom. The van der Waals surface area contributed by atoms with Crippen LogP contribution < -0.4 is 5.32 Å². The maximum Gasteiger partial charge on any atom is 0.251 e. The third kappa shape index (κ3) is 4.60. The summed E-state index contributed by atoms with van der Waals surface area (Å²) in [6, 6.07) is 7.39. The topological polar surface area (TPSA) is 41.6 Å². The third-order valence-corrected chi connectivity index (χ3v) is 3.67. The number of amides is 1. The highest BCUT2D eigenvalue weighted by molar-refractivity contribution is 9.10. The second kappa shape index (κ2) is 7.03. The standard InChI is InChI=1S/C14H19BrN2O2/c1-17-7-8-19-13(10-17)5-6-16-14(18)11-3-2-4-12(15)9-11/h2-4,9,13H,5-8,10H2,1H3,(H,16,18). The van der Waals surface area contributed by atoms with E-state index < -0.39 is 0 Å². The van der Waals surface area contributed by atoms with Gasteiger partial charge in [-0.1, -0.05) is 22.0 Å². The Bertz CT molecular complexity index is 439. The number of rotatable bonds is 4.